The Bertz CT molecular complexity index is 877. The number of nitrogens with two attached hydrogens (primary N) is 1. The highest BCUT2D eigenvalue weighted by Crippen LogP contribution is 2.45. The van der Waals surface area contributed by atoms with E-state index in [0.717, 1.165) is 16.8 Å². The largest absolute Gasteiger partial charge is 0.504 e. The topological polar surface area (TPSA) is 117 Å². The quantitative estimate of drug-likeness (QED) is 0.788. The molecule has 7 nitrogen and oxygen atoms in total. The highest BCUT2D eigenvalue weighted by molar-refractivity contribution is 5.57. The Morgan fingerprint density at radius 2 is 2.24 bits per heavy atom. The van der Waals surface area contributed by atoms with Crippen molar-refractivity contribution in [3.63, 3.8) is 0 Å². The van der Waals surface area contributed by atoms with Gasteiger partial charge in [0.05, 0.1) is 18.1 Å². The van der Waals surface area contributed by atoms with E-state index in [1.54, 1.807) is 18.2 Å². The first-order chi connectivity index (χ1) is 12.0. The van der Waals surface area contributed by atoms with E-state index in [9.17, 15) is 10.4 Å². The second-order valence-electron chi connectivity index (χ2n) is 6.10. The number of H-pyrrole nitrogens is 1. The fourth-order valence-electron chi connectivity index (χ4n) is 3.02. The maximum Gasteiger partial charge on any atom is 0.244 e. The van der Waals surface area contributed by atoms with Gasteiger partial charge in [0.1, 0.15) is 11.6 Å². The average molecular weight is 340 g/mol. The number of allylic oxidation sites excluding steroid dienone is 1. The van der Waals surface area contributed by atoms with Crippen molar-refractivity contribution in [2.45, 2.75) is 32.6 Å². The van der Waals surface area contributed by atoms with Gasteiger partial charge in [-0.15, -0.1) is 5.10 Å². The molecule has 0 radical (unpaired) electrons. The van der Waals surface area contributed by atoms with E-state index in [0.29, 0.717) is 23.8 Å². The zero-order valence-corrected chi connectivity index (χ0v) is 14.3. The zero-order valence-electron chi connectivity index (χ0n) is 14.3. The molecule has 2 aromatic rings. The number of aromatic amines is 1. The maximum atomic E-state index is 9.97. The van der Waals surface area contributed by atoms with Gasteiger partial charge in [0.25, 0.3) is 0 Å². The van der Waals surface area contributed by atoms with Crippen LogP contribution in [0.2, 0.25) is 0 Å². The number of rotatable bonds is 4. The molecule has 7 heteroatoms. The number of phenolic OH excluding ortho intramolecular Hbond substituents is 1. The number of nitriles is 1. The summed E-state index contributed by atoms with van der Waals surface area (Å²) in [7, 11) is 0. The number of hydrogen-bond donors (Lipinski definition) is 3. The van der Waals surface area contributed by atoms with Gasteiger partial charge in [0.2, 0.25) is 11.8 Å². The van der Waals surface area contributed by atoms with Crippen molar-refractivity contribution in [3.05, 3.63) is 46.5 Å². The Morgan fingerprint density at radius 3 is 2.88 bits per heavy atom. The summed E-state index contributed by atoms with van der Waals surface area (Å²) in [5, 5.41) is 26.8. The molecule has 0 unspecified atom stereocenters. The number of nitrogens with one attached hydrogen (secondary N) is 1. The molecule has 3 rings (SSSR count). The van der Waals surface area contributed by atoms with Gasteiger partial charge in [0, 0.05) is 5.69 Å². The van der Waals surface area contributed by atoms with Crippen molar-refractivity contribution in [2.24, 2.45) is 5.73 Å². The summed E-state index contributed by atoms with van der Waals surface area (Å²) in [6, 6.07) is 7.17. The number of ether oxygens (including phenoxy) is 2. The van der Waals surface area contributed by atoms with Crippen molar-refractivity contribution < 1.29 is 14.6 Å². The predicted octanol–water partition coefficient (Wildman–Crippen LogP) is 2.86. The lowest BCUT2D eigenvalue weighted by molar-refractivity contribution is 0.317. The lowest BCUT2D eigenvalue weighted by Crippen LogP contribution is -2.21. The fraction of sp³-hybridized carbons (Fsp3) is 0.333. The Kier molecular flexibility index (Phi) is 4.28. The molecule has 0 aliphatic carbocycles. The molecule has 0 amide bonds. The number of aromatic nitrogens is 2. The zero-order chi connectivity index (χ0) is 18.1. The molecule has 1 atom stereocenters. The van der Waals surface area contributed by atoms with Gasteiger partial charge < -0.3 is 20.3 Å². The molecule has 1 aromatic carbocycles. The molecular formula is C18H20N4O3. The van der Waals surface area contributed by atoms with E-state index in [4.69, 9.17) is 15.2 Å². The lowest BCUT2D eigenvalue weighted by atomic mass is 9.82. The summed E-state index contributed by atoms with van der Waals surface area (Å²) in [4.78, 5) is 0. The van der Waals surface area contributed by atoms with Gasteiger partial charge in [-0.1, -0.05) is 19.9 Å². The van der Waals surface area contributed by atoms with Gasteiger partial charge in [-0.3, -0.25) is 5.10 Å². The minimum absolute atomic E-state index is 0.0350. The SMILES string of the molecule is CCOc1cc([C@H]2C(C#N)=C(N)Oc3n[nH]c(C(C)C)c32)ccc1O. The molecule has 25 heavy (non-hydrogen) atoms. The van der Waals surface area contributed by atoms with Crippen molar-refractivity contribution in [2.75, 3.05) is 6.61 Å². The third-order valence-electron chi connectivity index (χ3n) is 4.16. The van der Waals surface area contributed by atoms with Crippen LogP contribution >= 0.6 is 0 Å². The third-order valence-corrected chi connectivity index (χ3v) is 4.16. The van der Waals surface area contributed by atoms with Crippen molar-refractivity contribution in [3.8, 4) is 23.4 Å². The molecule has 4 N–H and O–H groups in total. The van der Waals surface area contributed by atoms with Crippen LogP contribution in [0.15, 0.2) is 29.7 Å². The van der Waals surface area contributed by atoms with E-state index in [-0.39, 0.29) is 17.6 Å². The third kappa shape index (κ3) is 2.76. The molecule has 2 heterocycles. The van der Waals surface area contributed by atoms with Gasteiger partial charge >= 0.3 is 0 Å². The summed E-state index contributed by atoms with van der Waals surface area (Å²) >= 11 is 0. The summed E-state index contributed by atoms with van der Waals surface area (Å²) in [6.45, 7) is 6.31. The molecule has 130 valence electrons. The van der Waals surface area contributed by atoms with Crippen molar-refractivity contribution in [1.82, 2.24) is 10.2 Å². The second kappa shape index (κ2) is 6.40. The maximum absolute atomic E-state index is 9.97. The van der Waals surface area contributed by atoms with Gasteiger partial charge in [0.15, 0.2) is 11.5 Å². The number of aromatic hydroxyl groups is 1. The molecule has 0 spiro atoms. The highest BCUT2D eigenvalue weighted by Gasteiger charge is 2.36. The number of hydrogen-bond acceptors (Lipinski definition) is 6. The molecule has 1 aliphatic heterocycles. The molecule has 1 aromatic heterocycles. The van der Waals surface area contributed by atoms with Crippen LogP contribution in [-0.4, -0.2) is 21.9 Å². The van der Waals surface area contributed by atoms with Crippen molar-refractivity contribution in [1.29, 1.82) is 5.26 Å². The molecule has 1 aliphatic rings. The van der Waals surface area contributed by atoms with E-state index in [1.807, 2.05) is 20.8 Å². The van der Waals surface area contributed by atoms with Gasteiger partial charge in [-0.25, -0.2) is 0 Å². The Balaban J connectivity index is 2.22. The summed E-state index contributed by atoms with van der Waals surface area (Å²) in [5.41, 5.74) is 8.69. The van der Waals surface area contributed by atoms with Crippen LogP contribution in [0.5, 0.6) is 17.4 Å². The average Bonchev–Trinajstić information content (AvgIpc) is 2.99. The minimum atomic E-state index is -0.440. The first kappa shape index (κ1) is 16.7. The normalized spacial score (nSPS) is 16.4. The Hall–Kier alpha value is -3.14. The van der Waals surface area contributed by atoms with E-state index in [2.05, 4.69) is 16.3 Å². The minimum Gasteiger partial charge on any atom is -0.504 e. The lowest BCUT2D eigenvalue weighted by Gasteiger charge is -2.25. The highest BCUT2D eigenvalue weighted by atomic mass is 16.5. The predicted molar refractivity (Wildman–Crippen MR) is 91.2 cm³/mol. The molecular weight excluding hydrogens is 320 g/mol. The number of phenols is 1. The van der Waals surface area contributed by atoms with Crippen LogP contribution in [-0.2, 0) is 0 Å². The molecule has 0 saturated heterocycles. The Morgan fingerprint density at radius 1 is 1.48 bits per heavy atom. The monoisotopic (exact) mass is 340 g/mol. The van der Waals surface area contributed by atoms with Crippen LogP contribution in [0.4, 0.5) is 0 Å². The molecule has 0 fully saturated rings. The van der Waals surface area contributed by atoms with E-state index >= 15 is 0 Å². The van der Waals surface area contributed by atoms with Gasteiger partial charge in [-0.2, -0.15) is 5.26 Å². The first-order valence-electron chi connectivity index (χ1n) is 8.09. The smallest absolute Gasteiger partial charge is 0.244 e. The summed E-state index contributed by atoms with van der Waals surface area (Å²) in [6.07, 6.45) is 0. The van der Waals surface area contributed by atoms with Crippen LogP contribution < -0.4 is 15.2 Å². The Labute approximate surface area is 145 Å². The fourth-order valence-corrected chi connectivity index (χ4v) is 3.02. The first-order valence-corrected chi connectivity index (χ1v) is 8.09. The van der Waals surface area contributed by atoms with Gasteiger partial charge in [-0.05, 0) is 30.5 Å². The number of nitrogens with zero attached hydrogens (tertiary/aromatic N) is 2. The number of fused-ring (bicyclic) bond motifs is 1. The summed E-state index contributed by atoms with van der Waals surface area (Å²) in [5.74, 6) is 0.530. The molecule has 0 bridgehead atoms. The van der Waals surface area contributed by atoms with Crippen LogP contribution in [0.25, 0.3) is 0 Å². The van der Waals surface area contributed by atoms with Crippen LogP contribution in [0.3, 0.4) is 0 Å². The van der Waals surface area contributed by atoms with Crippen LogP contribution in [0, 0.1) is 11.3 Å². The number of benzene rings is 1. The van der Waals surface area contributed by atoms with Crippen molar-refractivity contribution >= 4 is 0 Å². The van der Waals surface area contributed by atoms with E-state index < -0.39 is 5.92 Å². The summed E-state index contributed by atoms with van der Waals surface area (Å²) < 4.78 is 11.0. The molecule has 0 saturated carbocycles. The standard InChI is InChI=1S/C18H20N4O3/c1-4-24-13-7-10(5-6-12(13)23)14-11(8-19)17(20)25-18-15(14)16(9(2)3)21-22-18/h5-7,9,14,23H,4,20H2,1-3H3,(H,21,22)/t14-/m0/s1. The second-order valence-corrected chi connectivity index (χ2v) is 6.10. The van der Waals surface area contributed by atoms with E-state index in [1.165, 1.54) is 0 Å². The van der Waals surface area contributed by atoms with Crippen LogP contribution in [0.1, 0.15) is 49.4 Å².